The summed E-state index contributed by atoms with van der Waals surface area (Å²) in [6.07, 6.45) is 3.65. The molecule has 1 atom stereocenters. The molecule has 0 fully saturated rings. The minimum Gasteiger partial charge on any atom is -0.472 e. The van der Waals surface area contributed by atoms with Gasteiger partial charge in [0.15, 0.2) is 0 Å². The minimum atomic E-state index is 0.222. The van der Waals surface area contributed by atoms with Crippen LogP contribution in [0.25, 0.3) is 0 Å². The molecular weight excluding hydrogens is 212 g/mol. The maximum Gasteiger partial charge on any atom is 0.273 e. The monoisotopic (exact) mass is 231 g/mol. The van der Waals surface area contributed by atoms with E-state index < -0.39 is 0 Å². The molecule has 0 N–H and O–H groups in total. The topological polar surface area (TPSA) is 24.8 Å². The SMILES string of the molecule is CCc1cccc(N(CC)CC2CO[C]=N2)c1. The van der Waals surface area contributed by atoms with Gasteiger partial charge in [-0.25, -0.2) is 4.99 Å². The van der Waals surface area contributed by atoms with E-state index in [1.807, 2.05) is 0 Å². The fourth-order valence-corrected chi connectivity index (χ4v) is 2.02. The molecule has 1 unspecified atom stereocenters. The number of hydrogen-bond acceptors (Lipinski definition) is 3. The third kappa shape index (κ3) is 2.99. The van der Waals surface area contributed by atoms with Crippen LogP contribution >= 0.6 is 0 Å². The van der Waals surface area contributed by atoms with Gasteiger partial charge in [0.2, 0.25) is 0 Å². The number of anilines is 1. The highest BCUT2D eigenvalue weighted by Gasteiger charge is 2.16. The van der Waals surface area contributed by atoms with Gasteiger partial charge in [0.05, 0.1) is 0 Å². The summed E-state index contributed by atoms with van der Waals surface area (Å²) in [4.78, 5) is 6.51. The first-order valence-corrected chi connectivity index (χ1v) is 6.24. The molecule has 0 saturated heterocycles. The van der Waals surface area contributed by atoms with Crippen LogP contribution in [-0.4, -0.2) is 32.1 Å². The predicted octanol–water partition coefficient (Wildman–Crippen LogP) is 2.38. The van der Waals surface area contributed by atoms with E-state index in [0.29, 0.717) is 6.61 Å². The summed E-state index contributed by atoms with van der Waals surface area (Å²) in [5.41, 5.74) is 2.65. The molecular formula is C14H19N2O. The smallest absolute Gasteiger partial charge is 0.273 e. The first-order valence-electron chi connectivity index (χ1n) is 6.24. The highest BCUT2D eigenvalue weighted by atomic mass is 16.5. The number of benzene rings is 1. The lowest BCUT2D eigenvalue weighted by atomic mass is 10.1. The lowest BCUT2D eigenvalue weighted by molar-refractivity contribution is 0.328. The van der Waals surface area contributed by atoms with E-state index in [1.54, 1.807) is 0 Å². The number of ether oxygens (including phenoxy) is 1. The Kier molecular flexibility index (Phi) is 4.02. The van der Waals surface area contributed by atoms with Gasteiger partial charge in [-0.1, -0.05) is 19.1 Å². The van der Waals surface area contributed by atoms with Crippen molar-refractivity contribution in [3.05, 3.63) is 29.8 Å². The van der Waals surface area contributed by atoms with Gasteiger partial charge >= 0.3 is 0 Å². The van der Waals surface area contributed by atoms with E-state index in [0.717, 1.165) is 19.5 Å². The molecule has 1 aliphatic rings. The quantitative estimate of drug-likeness (QED) is 0.777. The first-order chi connectivity index (χ1) is 8.33. The van der Waals surface area contributed by atoms with Crippen molar-refractivity contribution >= 4 is 12.1 Å². The van der Waals surface area contributed by atoms with Gasteiger partial charge in [0, 0.05) is 18.8 Å². The van der Waals surface area contributed by atoms with Gasteiger partial charge in [-0.2, -0.15) is 0 Å². The van der Waals surface area contributed by atoms with Crippen LogP contribution in [0.1, 0.15) is 19.4 Å². The molecule has 0 aliphatic carbocycles. The average Bonchev–Trinajstić information content (AvgIpc) is 2.89. The van der Waals surface area contributed by atoms with Crippen LogP contribution in [0.2, 0.25) is 0 Å². The van der Waals surface area contributed by atoms with Crippen LogP contribution in [-0.2, 0) is 11.2 Å². The molecule has 3 heteroatoms. The molecule has 1 aromatic carbocycles. The molecule has 0 saturated carbocycles. The molecule has 0 amide bonds. The van der Waals surface area contributed by atoms with E-state index in [4.69, 9.17) is 4.74 Å². The van der Waals surface area contributed by atoms with Crippen molar-refractivity contribution in [2.24, 2.45) is 4.99 Å². The van der Waals surface area contributed by atoms with E-state index in [1.165, 1.54) is 11.3 Å². The van der Waals surface area contributed by atoms with Crippen LogP contribution in [0.3, 0.4) is 0 Å². The average molecular weight is 231 g/mol. The largest absolute Gasteiger partial charge is 0.472 e. The van der Waals surface area contributed by atoms with Crippen molar-refractivity contribution in [1.82, 2.24) is 0 Å². The Morgan fingerprint density at radius 1 is 1.47 bits per heavy atom. The van der Waals surface area contributed by atoms with Gasteiger partial charge in [-0.05, 0) is 31.0 Å². The van der Waals surface area contributed by atoms with Gasteiger partial charge in [0.1, 0.15) is 12.6 Å². The Bertz CT molecular complexity index is 390. The first kappa shape index (κ1) is 12.0. The van der Waals surface area contributed by atoms with Gasteiger partial charge in [-0.15, -0.1) is 0 Å². The van der Waals surface area contributed by atoms with Crippen molar-refractivity contribution in [2.75, 3.05) is 24.6 Å². The lowest BCUT2D eigenvalue weighted by Gasteiger charge is -2.25. The summed E-state index contributed by atoms with van der Waals surface area (Å²) in [6, 6.07) is 8.93. The fraction of sp³-hybridized carbons (Fsp3) is 0.500. The van der Waals surface area contributed by atoms with Crippen LogP contribution < -0.4 is 4.90 Å². The summed E-state index contributed by atoms with van der Waals surface area (Å²) in [7, 11) is 0. The number of nitrogens with zero attached hydrogens (tertiary/aromatic N) is 2. The summed E-state index contributed by atoms with van der Waals surface area (Å²) >= 11 is 0. The Morgan fingerprint density at radius 2 is 2.35 bits per heavy atom. The molecule has 1 aliphatic heterocycles. The molecule has 0 aromatic heterocycles. The molecule has 1 aromatic rings. The van der Waals surface area contributed by atoms with Gasteiger partial charge < -0.3 is 9.64 Å². The van der Waals surface area contributed by atoms with Crippen LogP contribution in [0.4, 0.5) is 5.69 Å². The molecule has 17 heavy (non-hydrogen) atoms. The number of hydrogen-bond donors (Lipinski definition) is 0. The van der Waals surface area contributed by atoms with E-state index in [9.17, 15) is 0 Å². The number of rotatable bonds is 5. The Balaban J connectivity index is 2.07. The molecule has 1 heterocycles. The Hall–Kier alpha value is -1.51. The van der Waals surface area contributed by atoms with Crippen molar-refractivity contribution in [3.8, 4) is 0 Å². The summed E-state index contributed by atoms with van der Waals surface area (Å²) in [6.45, 7) is 6.89. The lowest BCUT2D eigenvalue weighted by Crippen LogP contribution is -2.32. The number of aliphatic imine (C=N–C) groups is 1. The van der Waals surface area contributed by atoms with E-state index >= 15 is 0 Å². The zero-order valence-corrected chi connectivity index (χ0v) is 10.5. The van der Waals surface area contributed by atoms with Crippen molar-refractivity contribution in [3.63, 3.8) is 0 Å². The van der Waals surface area contributed by atoms with Crippen molar-refractivity contribution < 1.29 is 4.74 Å². The zero-order valence-electron chi connectivity index (χ0n) is 10.5. The van der Waals surface area contributed by atoms with Crippen LogP contribution in [0.15, 0.2) is 29.3 Å². The highest BCUT2D eigenvalue weighted by Crippen LogP contribution is 2.18. The summed E-state index contributed by atoms with van der Waals surface area (Å²) in [5.74, 6) is 0. The minimum absolute atomic E-state index is 0.222. The van der Waals surface area contributed by atoms with Gasteiger partial charge in [-0.3, -0.25) is 0 Å². The number of likely N-dealkylation sites (N-methyl/N-ethyl adjacent to an activating group) is 1. The normalized spacial score (nSPS) is 18.1. The highest BCUT2D eigenvalue weighted by molar-refractivity contribution is 5.51. The maximum absolute atomic E-state index is 5.04. The van der Waals surface area contributed by atoms with Crippen molar-refractivity contribution in [2.45, 2.75) is 26.3 Å². The molecule has 3 nitrogen and oxygen atoms in total. The summed E-state index contributed by atoms with van der Waals surface area (Å²) in [5, 5.41) is 0. The Labute approximate surface area is 103 Å². The van der Waals surface area contributed by atoms with Gasteiger partial charge in [0.25, 0.3) is 6.40 Å². The fourth-order valence-electron chi connectivity index (χ4n) is 2.02. The van der Waals surface area contributed by atoms with E-state index in [2.05, 4.69) is 54.4 Å². The summed E-state index contributed by atoms with van der Waals surface area (Å²) < 4.78 is 5.04. The van der Waals surface area contributed by atoms with Crippen molar-refractivity contribution in [1.29, 1.82) is 0 Å². The second-order valence-electron chi connectivity index (χ2n) is 4.25. The third-order valence-electron chi connectivity index (χ3n) is 3.07. The zero-order chi connectivity index (χ0) is 12.1. The molecule has 0 bridgehead atoms. The molecule has 2 rings (SSSR count). The second-order valence-corrected chi connectivity index (χ2v) is 4.25. The molecule has 1 radical (unpaired) electrons. The van der Waals surface area contributed by atoms with Crippen LogP contribution in [0, 0.1) is 0 Å². The second kappa shape index (κ2) is 5.71. The standard InChI is InChI=1S/C14H19N2O/c1-3-12-6-5-7-14(8-12)16(4-2)9-13-10-17-11-15-13/h5-8,13H,3-4,9-10H2,1-2H3. The molecule has 0 spiro atoms. The number of aryl methyl sites for hydroxylation is 1. The molecule has 91 valence electrons. The Morgan fingerprint density at radius 3 is 3.00 bits per heavy atom. The predicted molar refractivity (Wildman–Crippen MR) is 70.9 cm³/mol. The third-order valence-corrected chi connectivity index (χ3v) is 3.07. The van der Waals surface area contributed by atoms with E-state index in [-0.39, 0.29) is 6.04 Å². The maximum atomic E-state index is 5.04. The van der Waals surface area contributed by atoms with Crippen LogP contribution in [0.5, 0.6) is 0 Å².